The maximum Gasteiger partial charge on any atom is 0.333 e. The fourth-order valence-electron chi connectivity index (χ4n) is 3.25. The van der Waals surface area contributed by atoms with Gasteiger partial charge in [0.25, 0.3) is 5.56 Å². The van der Waals surface area contributed by atoms with Gasteiger partial charge in [-0.3, -0.25) is 18.7 Å². The molecule has 0 aliphatic carbocycles. The Labute approximate surface area is 179 Å². The van der Waals surface area contributed by atoms with E-state index < -0.39 is 35.3 Å². The van der Waals surface area contributed by atoms with E-state index >= 15 is 0 Å². The van der Waals surface area contributed by atoms with Gasteiger partial charge < -0.3 is 5.32 Å². The van der Waals surface area contributed by atoms with Gasteiger partial charge >= 0.3 is 5.69 Å². The number of nitrogens with one attached hydrogen (secondary N) is 1. The summed E-state index contributed by atoms with van der Waals surface area (Å²) < 4.78 is 28.6. The highest BCUT2D eigenvalue weighted by atomic mass is 19.1. The van der Waals surface area contributed by atoms with Gasteiger partial charge in [-0.2, -0.15) is 0 Å². The molecule has 1 N–H and O–H groups in total. The zero-order valence-corrected chi connectivity index (χ0v) is 16.9. The molecule has 0 saturated carbocycles. The Bertz CT molecular complexity index is 1450. The Morgan fingerprint density at radius 2 is 1.72 bits per heavy atom. The van der Waals surface area contributed by atoms with E-state index in [0.717, 1.165) is 9.13 Å². The van der Waals surface area contributed by atoms with Crippen molar-refractivity contribution in [1.29, 1.82) is 0 Å². The molecule has 4 rings (SSSR count). The summed E-state index contributed by atoms with van der Waals surface area (Å²) in [6.07, 6.45) is 2.62. The van der Waals surface area contributed by atoms with E-state index in [1.165, 1.54) is 54.9 Å². The minimum absolute atomic E-state index is 0.0386. The van der Waals surface area contributed by atoms with Crippen LogP contribution in [0.5, 0.6) is 0 Å². The van der Waals surface area contributed by atoms with Crippen molar-refractivity contribution in [2.45, 2.75) is 20.0 Å². The molecule has 2 aromatic heterocycles. The number of benzene rings is 2. The van der Waals surface area contributed by atoms with Crippen LogP contribution < -0.4 is 16.6 Å². The number of nitrogens with zero attached hydrogens (tertiary/aromatic N) is 4. The van der Waals surface area contributed by atoms with Crippen molar-refractivity contribution in [3.63, 3.8) is 0 Å². The van der Waals surface area contributed by atoms with Crippen LogP contribution in [0.3, 0.4) is 0 Å². The van der Waals surface area contributed by atoms with E-state index in [9.17, 15) is 23.2 Å². The lowest BCUT2D eigenvalue weighted by atomic mass is 10.2. The molecule has 0 saturated heterocycles. The van der Waals surface area contributed by atoms with Crippen LogP contribution in [0, 0.1) is 18.6 Å². The normalized spacial score (nSPS) is 11.0. The van der Waals surface area contributed by atoms with Gasteiger partial charge in [-0.15, -0.1) is 0 Å². The quantitative estimate of drug-likeness (QED) is 0.516. The van der Waals surface area contributed by atoms with Gasteiger partial charge in [-0.05, 0) is 48.4 Å². The van der Waals surface area contributed by atoms with E-state index in [4.69, 9.17) is 0 Å². The Morgan fingerprint density at radius 3 is 2.44 bits per heavy atom. The number of carbonyl (C=O) groups excluding carboxylic acids is 1. The molecule has 0 spiro atoms. The first-order valence-electron chi connectivity index (χ1n) is 9.58. The monoisotopic (exact) mass is 437 g/mol. The molecule has 0 unspecified atom stereocenters. The molecule has 2 heterocycles. The van der Waals surface area contributed by atoms with Crippen LogP contribution >= 0.6 is 0 Å². The molecule has 0 aliphatic rings. The Kier molecular flexibility index (Phi) is 5.59. The van der Waals surface area contributed by atoms with E-state index in [-0.39, 0.29) is 17.7 Å². The number of amides is 1. The molecule has 8 nitrogen and oxygen atoms in total. The molecule has 0 radical (unpaired) electrons. The Morgan fingerprint density at radius 1 is 1.00 bits per heavy atom. The SMILES string of the molecule is Cc1cc(NC(=O)Cn2c(=O)n(Cc3ccc(F)cc3)c(=O)c3nccnc32)ccc1F. The molecule has 0 atom stereocenters. The fraction of sp³-hybridized carbons (Fsp3) is 0.136. The number of halogens is 2. The maximum atomic E-state index is 13.5. The number of rotatable bonds is 5. The van der Waals surface area contributed by atoms with Gasteiger partial charge in [0.1, 0.15) is 18.2 Å². The van der Waals surface area contributed by atoms with Crippen LogP contribution in [-0.4, -0.2) is 25.0 Å². The average molecular weight is 437 g/mol. The standard InChI is InChI=1S/C22H17F2N5O3/c1-13-10-16(6-7-17(13)24)27-18(30)12-28-20-19(25-8-9-26-20)21(31)29(22(28)32)11-14-2-4-15(23)5-3-14/h2-10H,11-12H2,1H3,(H,27,30). The molecular weight excluding hydrogens is 420 g/mol. The van der Waals surface area contributed by atoms with Gasteiger partial charge in [0.15, 0.2) is 11.2 Å². The summed E-state index contributed by atoms with van der Waals surface area (Å²) in [5, 5.41) is 2.60. The molecule has 32 heavy (non-hydrogen) atoms. The van der Waals surface area contributed by atoms with Gasteiger partial charge in [0, 0.05) is 18.1 Å². The van der Waals surface area contributed by atoms with Gasteiger partial charge in [0.2, 0.25) is 5.91 Å². The second kappa shape index (κ2) is 8.50. The maximum absolute atomic E-state index is 13.5. The summed E-state index contributed by atoms with van der Waals surface area (Å²) >= 11 is 0. The highest BCUT2D eigenvalue weighted by Crippen LogP contribution is 2.14. The van der Waals surface area contributed by atoms with Gasteiger partial charge in [-0.25, -0.2) is 23.5 Å². The second-order valence-corrected chi connectivity index (χ2v) is 7.13. The van der Waals surface area contributed by atoms with Gasteiger partial charge in [0.05, 0.1) is 6.54 Å². The molecule has 2 aromatic carbocycles. The Hall–Kier alpha value is -4.21. The summed E-state index contributed by atoms with van der Waals surface area (Å²) in [5.74, 6) is -1.43. The molecule has 0 bridgehead atoms. The zero-order valence-electron chi connectivity index (χ0n) is 16.9. The number of carbonyl (C=O) groups is 1. The summed E-state index contributed by atoms with van der Waals surface area (Å²) in [4.78, 5) is 46.7. The minimum Gasteiger partial charge on any atom is -0.325 e. The van der Waals surface area contributed by atoms with Crippen molar-refractivity contribution in [3.8, 4) is 0 Å². The number of aryl methyl sites for hydroxylation is 1. The van der Waals surface area contributed by atoms with E-state index in [0.29, 0.717) is 16.8 Å². The predicted octanol–water partition coefficient (Wildman–Crippen LogP) is 2.23. The van der Waals surface area contributed by atoms with Crippen molar-refractivity contribution < 1.29 is 13.6 Å². The number of anilines is 1. The molecule has 10 heteroatoms. The largest absolute Gasteiger partial charge is 0.333 e. The van der Waals surface area contributed by atoms with Gasteiger partial charge in [-0.1, -0.05) is 12.1 Å². The van der Waals surface area contributed by atoms with Crippen molar-refractivity contribution >= 4 is 22.8 Å². The van der Waals surface area contributed by atoms with Crippen LogP contribution in [0.2, 0.25) is 0 Å². The van der Waals surface area contributed by atoms with Crippen LogP contribution in [0.15, 0.2) is 64.4 Å². The highest BCUT2D eigenvalue weighted by Gasteiger charge is 2.18. The lowest BCUT2D eigenvalue weighted by Crippen LogP contribution is -2.42. The van der Waals surface area contributed by atoms with Crippen molar-refractivity contribution in [2.75, 3.05) is 5.32 Å². The minimum atomic E-state index is -0.766. The topological polar surface area (TPSA) is 98.9 Å². The van der Waals surface area contributed by atoms with Crippen LogP contribution in [0.25, 0.3) is 11.2 Å². The molecular formula is C22H17F2N5O3. The third kappa shape index (κ3) is 4.15. The van der Waals surface area contributed by atoms with Crippen LogP contribution in [-0.2, 0) is 17.9 Å². The average Bonchev–Trinajstić information content (AvgIpc) is 2.78. The number of fused-ring (bicyclic) bond motifs is 1. The summed E-state index contributed by atoms with van der Waals surface area (Å²) in [7, 11) is 0. The lowest BCUT2D eigenvalue weighted by molar-refractivity contribution is -0.116. The predicted molar refractivity (Wildman–Crippen MR) is 113 cm³/mol. The third-order valence-corrected chi connectivity index (χ3v) is 4.84. The first kappa shape index (κ1) is 21.0. The number of aromatic nitrogens is 4. The van der Waals surface area contributed by atoms with Crippen molar-refractivity contribution in [2.24, 2.45) is 0 Å². The third-order valence-electron chi connectivity index (χ3n) is 4.84. The van der Waals surface area contributed by atoms with Crippen molar-refractivity contribution in [3.05, 3.63) is 98.5 Å². The summed E-state index contributed by atoms with van der Waals surface area (Å²) in [5.41, 5.74) is -0.332. The Balaban J connectivity index is 1.73. The molecule has 0 aliphatic heterocycles. The summed E-state index contributed by atoms with van der Waals surface area (Å²) in [6.45, 7) is 0.974. The first-order valence-corrected chi connectivity index (χ1v) is 9.58. The first-order chi connectivity index (χ1) is 15.3. The highest BCUT2D eigenvalue weighted by molar-refractivity contribution is 5.91. The van der Waals surface area contributed by atoms with E-state index in [1.807, 2.05) is 0 Å². The lowest BCUT2D eigenvalue weighted by Gasteiger charge is -2.13. The molecule has 162 valence electrons. The fourth-order valence-corrected chi connectivity index (χ4v) is 3.25. The van der Waals surface area contributed by atoms with Crippen LogP contribution in [0.1, 0.15) is 11.1 Å². The summed E-state index contributed by atoms with van der Waals surface area (Å²) in [6, 6.07) is 9.43. The number of hydrogen-bond acceptors (Lipinski definition) is 5. The molecule has 4 aromatic rings. The number of hydrogen-bond donors (Lipinski definition) is 1. The second-order valence-electron chi connectivity index (χ2n) is 7.13. The molecule has 0 fully saturated rings. The van der Waals surface area contributed by atoms with Crippen LogP contribution in [0.4, 0.5) is 14.5 Å². The van der Waals surface area contributed by atoms with E-state index in [2.05, 4.69) is 15.3 Å². The molecule has 1 amide bonds. The zero-order chi connectivity index (χ0) is 22.8. The van der Waals surface area contributed by atoms with Crippen molar-refractivity contribution in [1.82, 2.24) is 19.1 Å². The smallest absolute Gasteiger partial charge is 0.325 e. The van der Waals surface area contributed by atoms with E-state index in [1.54, 1.807) is 6.92 Å².